The Kier molecular flexibility index (Phi) is 5.36. The molecule has 1 amide bonds. The summed E-state index contributed by atoms with van der Waals surface area (Å²) in [6.45, 7) is 4.28. The molecule has 1 aromatic heterocycles. The highest BCUT2D eigenvalue weighted by molar-refractivity contribution is 7.16. The fourth-order valence-electron chi connectivity index (χ4n) is 3.24. The van der Waals surface area contributed by atoms with Crippen molar-refractivity contribution in [3.05, 3.63) is 87.7 Å². The third kappa shape index (κ3) is 3.51. The number of amides is 1. The normalized spacial score (nSPS) is 12.0. The number of halogens is 2. The van der Waals surface area contributed by atoms with Crippen molar-refractivity contribution in [2.24, 2.45) is 4.99 Å². The monoisotopic (exact) mass is 426 g/mol. The van der Waals surface area contributed by atoms with Gasteiger partial charge < -0.3 is 4.57 Å². The van der Waals surface area contributed by atoms with Crippen molar-refractivity contribution >= 4 is 61.4 Å². The number of carbonyl (C=O) groups excluding carboxylic acids is 1. The van der Waals surface area contributed by atoms with E-state index in [1.807, 2.05) is 53.1 Å². The number of aromatic nitrogens is 1. The summed E-state index contributed by atoms with van der Waals surface area (Å²) in [5.74, 6) is -0.206. The van der Waals surface area contributed by atoms with E-state index in [2.05, 4.69) is 11.6 Å². The van der Waals surface area contributed by atoms with E-state index in [-0.39, 0.29) is 12.3 Å². The Bertz CT molecular complexity index is 1280. The summed E-state index contributed by atoms with van der Waals surface area (Å²) in [6.07, 6.45) is 1.98. The van der Waals surface area contributed by atoms with Crippen LogP contribution in [0.1, 0.15) is 5.56 Å². The third-order valence-corrected chi connectivity index (χ3v) is 6.33. The van der Waals surface area contributed by atoms with Crippen LogP contribution >= 0.6 is 34.5 Å². The van der Waals surface area contributed by atoms with Crippen LogP contribution in [0.25, 0.3) is 21.0 Å². The number of hydrogen-bond acceptors (Lipinski definition) is 2. The van der Waals surface area contributed by atoms with Crippen LogP contribution < -0.4 is 4.80 Å². The first-order chi connectivity index (χ1) is 13.6. The van der Waals surface area contributed by atoms with Gasteiger partial charge in [0.25, 0.3) is 5.91 Å². The molecule has 3 nitrogen and oxygen atoms in total. The van der Waals surface area contributed by atoms with Gasteiger partial charge in [0.05, 0.1) is 26.7 Å². The van der Waals surface area contributed by atoms with Gasteiger partial charge in [-0.1, -0.05) is 83.1 Å². The Morgan fingerprint density at radius 3 is 2.71 bits per heavy atom. The van der Waals surface area contributed by atoms with Gasteiger partial charge >= 0.3 is 0 Å². The molecular weight excluding hydrogens is 411 g/mol. The van der Waals surface area contributed by atoms with Crippen LogP contribution in [0.15, 0.2) is 72.2 Å². The largest absolute Gasteiger partial charge is 0.311 e. The number of benzene rings is 3. The maximum absolute atomic E-state index is 12.8. The Hall–Kier alpha value is -2.40. The predicted octanol–water partition coefficient (Wildman–Crippen LogP) is 6.02. The SMILES string of the molecule is C=CCn1c(=NC(=O)Cc2cccc3ccccc23)sc2ccc(Cl)c(Cl)c21. The minimum absolute atomic E-state index is 0.206. The van der Waals surface area contributed by atoms with Crippen molar-refractivity contribution in [2.75, 3.05) is 0 Å². The number of allylic oxidation sites excluding steroid dienone is 1. The minimum atomic E-state index is -0.206. The van der Waals surface area contributed by atoms with Gasteiger partial charge in [-0.15, -0.1) is 6.58 Å². The molecule has 0 aliphatic carbocycles. The van der Waals surface area contributed by atoms with Gasteiger partial charge in [-0.05, 0) is 28.5 Å². The van der Waals surface area contributed by atoms with Gasteiger partial charge in [-0.25, -0.2) is 0 Å². The molecule has 0 fully saturated rings. The molecule has 140 valence electrons. The smallest absolute Gasteiger partial charge is 0.252 e. The average molecular weight is 427 g/mol. The van der Waals surface area contributed by atoms with Gasteiger partial charge in [0.2, 0.25) is 0 Å². The Morgan fingerprint density at radius 1 is 1.11 bits per heavy atom. The molecule has 0 saturated heterocycles. The quantitative estimate of drug-likeness (QED) is 0.367. The lowest BCUT2D eigenvalue weighted by Crippen LogP contribution is -2.17. The standard InChI is InChI=1S/C22H16Cl2N2OS/c1-2-12-26-21-18(11-10-17(23)20(21)24)28-22(26)25-19(27)13-15-8-5-7-14-6-3-4-9-16(14)15/h2-11H,1,12-13H2. The predicted molar refractivity (Wildman–Crippen MR) is 118 cm³/mol. The van der Waals surface area contributed by atoms with Gasteiger partial charge in [0, 0.05) is 6.54 Å². The first kappa shape index (κ1) is 18.9. The molecule has 0 N–H and O–H groups in total. The van der Waals surface area contributed by atoms with Crippen LogP contribution in [0.3, 0.4) is 0 Å². The van der Waals surface area contributed by atoms with Gasteiger partial charge in [0.15, 0.2) is 4.80 Å². The van der Waals surface area contributed by atoms with Crippen LogP contribution in [0.2, 0.25) is 10.0 Å². The van der Waals surface area contributed by atoms with Crippen LogP contribution in [0.4, 0.5) is 0 Å². The van der Waals surface area contributed by atoms with E-state index in [0.29, 0.717) is 21.4 Å². The number of hydrogen-bond donors (Lipinski definition) is 0. The zero-order chi connectivity index (χ0) is 19.7. The number of fused-ring (bicyclic) bond motifs is 2. The van der Waals surface area contributed by atoms with E-state index in [1.165, 1.54) is 11.3 Å². The molecule has 3 aromatic carbocycles. The lowest BCUT2D eigenvalue weighted by atomic mass is 10.0. The van der Waals surface area contributed by atoms with Crippen molar-refractivity contribution in [1.82, 2.24) is 4.57 Å². The zero-order valence-corrected chi connectivity index (χ0v) is 17.2. The summed E-state index contributed by atoms with van der Waals surface area (Å²) in [5, 5.41) is 3.11. The average Bonchev–Trinajstić information content (AvgIpc) is 3.03. The van der Waals surface area contributed by atoms with E-state index in [1.54, 1.807) is 12.1 Å². The highest BCUT2D eigenvalue weighted by atomic mass is 35.5. The Balaban J connectivity index is 1.79. The fourth-order valence-corrected chi connectivity index (χ4v) is 4.78. The molecule has 4 rings (SSSR count). The topological polar surface area (TPSA) is 34.4 Å². The fraction of sp³-hybridized carbons (Fsp3) is 0.0909. The molecule has 0 bridgehead atoms. The van der Waals surface area contributed by atoms with Crippen molar-refractivity contribution < 1.29 is 4.79 Å². The molecule has 4 aromatic rings. The van der Waals surface area contributed by atoms with Crippen molar-refractivity contribution in [2.45, 2.75) is 13.0 Å². The molecule has 0 aliphatic rings. The highest BCUT2D eigenvalue weighted by Gasteiger charge is 2.13. The number of thiazole rings is 1. The summed E-state index contributed by atoms with van der Waals surface area (Å²) < 4.78 is 2.80. The maximum Gasteiger partial charge on any atom is 0.252 e. The lowest BCUT2D eigenvalue weighted by Gasteiger charge is -2.05. The van der Waals surface area contributed by atoms with E-state index < -0.39 is 0 Å². The number of carbonyl (C=O) groups is 1. The molecule has 1 heterocycles. The second-order valence-corrected chi connectivity index (χ2v) is 8.11. The van der Waals surface area contributed by atoms with Crippen LogP contribution in [-0.2, 0) is 17.8 Å². The zero-order valence-electron chi connectivity index (χ0n) is 14.9. The molecule has 0 radical (unpaired) electrons. The summed E-state index contributed by atoms with van der Waals surface area (Å²) in [5.41, 5.74) is 1.74. The maximum atomic E-state index is 12.8. The van der Waals surface area contributed by atoms with Crippen molar-refractivity contribution in [3.63, 3.8) is 0 Å². The van der Waals surface area contributed by atoms with Gasteiger partial charge in [-0.3, -0.25) is 4.79 Å². The minimum Gasteiger partial charge on any atom is -0.311 e. The van der Waals surface area contributed by atoms with Crippen LogP contribution in [-0.4, -0.2) is 10.5 Å². The van der Waals surface area contributed by atoms with E-state index in [0.717, 1.165) is 26.6 Å². The van der Waals surface area contributed by atoms with E-state index in [9.17, 15) is 4.79 Å². The summed E-state index contributed by atoms with van der Waals surface area (Å²) in [4.78, 5) is 17.7. The molecule has 0 saturated carbocycles. The van der Waals surface area contributed by atoms with Crippen LogP contribution in [0.5, 0.6) is 0 Å². The molecule has 0 unspecified atom stereocenters. The van der Waals surface area contributed by atoms with Crippen molar-refractivity contribution in [3.8, 4) is 0 Å². The first-order valence-corrected chi connectivity index (χ1v) is 10.3. The lowest BCUT2D eigenvalue weighted by molar-refractivity contribution is -0.117. The summed E-state index contributed by atoms with van der Waals surface area (Å²) in [6, 6.07) is 17.6. The Morgan fingerprint density at radius 2 is 1.89 bits per heavy atom. The molecule has 0 atom stereocenters. The number of nitrogens with zero attached hydrogens (tertiary/aromatic N) is 2. The van der Waals surface area contributed by atoms with Gasteiger partial charge in [0.1, 0.15) is 0 Å². The number of rotatable bonds is 4. The molecule has 28 heavy (non-hydrogen) atoms. The van der Waals surface area contributed by atoms with Gasteiger partial charge in [-0.2, -0.15) is 4.99 Å². The van der Waals surface area contributed by atoms with Crippen LogP contribution in [0, 0.1) is 0 Å². The molecule has 0 aliphatic heterocycles. The van der Waals surface area contributed by atoms with Crippen molar-refractivity contribution in [1.29, 1.82) is 0 Å². The highest BCUT2D eigenvalue weighted by Crippen LogP contribution is 2.32. The molecule has 6 heteroatoms. The first-order valence-electron chi connectivity index (χ1n) is 8.71. The van der Waals surface area contributed by atoms with E-state index >= 15 is 0 Å². The molecule has 0 spiro atoms. The second kappa shape index (κ2) is 7.92. The molecular formula is C22H16Cl2N2OS. The Labute approximate surface area is 176 Å². The summed E-state index contributed by atoms with van der Waals surface area (Å²) >= 11 is 14.0. The van der Waals surface area contributed by atoms with E-state index in [4.69, 9.17) is 23.2 Å². The summed E-state index contributed by atoms with van der Waals surface area (Å²) in [7, 11) is 0. The second-order valence-electron chi connectivity index (χ2n) is 6.31. The third-order valence-electron chi connectivity index (χ3n) is 4.49.